The highest BCUT2D eigenvalue weighted by atomic mass is 127. The average molecular weight is 433 g/mol. The van der Waals surface area contributed by atoms with Crippen LogP contribution in [-0.2, 0) is 0 Å². The van der Waals surface area contributed by atoms with Crippen molar-refractivity contribution in [3.05, 3.63) is 18.2 Å². The van der Waals surface area contributed by atoms with Crippen molar-refractivity contribution in [2.24, 2.45) is 16.1 Å². The Balaban J connectivity index is 0.00000264. The summed E-state index contributed by atoms with van der Waals surface area (Å²) in [4.78, 5) is 4.36. The number of rotatable bonds is 4. The Hall–Kier alpha value is -1.18. The van der Waals surface area contributed by atoms with E-state index in [1.54, 1.807) is 0 Å². The van der Waals surface area contributed by atoms with Crippen LogP contribution in [0.1, 0.15) is 40.0 Å². The van der Waals surface area contributed by atoms with Gasteiger partial charge in [-0.05, 0) is 30.4 Å². The first-order valence-corrected chi connectivity index (χ1v) is 7.91. The van der Waals surface area contributed by atoms with Crippen LogP contribution >= 0.6 is 24.0 Å². The van der Waals surface area contributed by atoms with E-state index in [1.165, 1.54) is 0 Å². The predicted octanol–water partition coefficient (Wildman–Crippen LogP) is 4.02. The molecule has 23 heavy (non-hydrogen) atoms. The Labute approximate surface area is 156 Å². The highest BCUT2D eigenvalue weighted by molar-refractivity contribution is 14.0. The smallest absolute Gasteiger partial charge is 0.193 e. The second-order valence-corrected chi connectivity index (χ2v) is 6.77. The lowest BCUT2D eigenvalue weighted by atomic mass is 9.91. The minimum atomic E-state index is 0. The van der Waals surface area contributed by atoms with Gasteiger partial charge in [-0.3, -0.25) is 4.99 Å². The molecular weight excluding hydrogens is 405 g/mol. The van der Waals surface area contributed by atoms with Crippen LogP contribution in [0.5, 0.6) is 11.5 Å². The summed E-state index contributed by atoms with van der Waals surface area (Å²) in [5.74, 6) is 1.97. The van der Waals surface area contributed by atoms with Crippen molar-refractivity contribution in [1.29, 1.82) is 0 Å². The van der Waals surface area contributed by atoms with Crippen molar-refractivity contribution in [2.75, 3.05) is 25.1 Å². The number of hydrogen-bond acceptors (Lipinski definition) is 3. The topological polar surface area (TPSA) is 68.9 Å². The van der Waals surface area contributed by atoms with Crippen molar-refractivity contribution in [3.8, 4) is 11.5 Å². The zero-order chi connectivity index (χ0) is 16.0. The summed E-state index contributed by atoms with van der Waals surface area (Å²) in [6, 6.07) is 5.72. The molecule has 0 fully saturated rings. The van der Waals surface area contributed by atoms with Gasteiger partial charge >= 0.3 is 0 Å². The first-order valence-electron chi connectivity index (χ1n) is 7.91. The third-order valence-corrected chi connectivity index (χ3v) is 3.39. The van der Waals surface area contributed by atoms with E-state index in [4.69, 9.17) is 15.2 Å². The van der Waals surface area contributed by atoms with Crippen molar-refractivity contribution in [2.45, 2.75) is 40.0 Å². The van der Waals surface area contributed by atoms with Crippen LogP contribution in [0, 0.1) is 5.41 Å². The second kappa shape index (κ2) is 9.20. The van der Waals surface area contributed by atoms with Crippen LogP contribution in [0.25, 0.3) is 0 Å². The van der Waals surface area contributed by atoms with E-state index < -0.39 is 0 Å². The normalized spacial score (nSPS) is 14.7. The third-order valence-electron chi connectivity index (χ3n) is 3.39. The Morgan fingerprint density at radius 1 is 1.22 bits per heavy atom. The summed E-state index contributed by atoms with van der Waals surface area (Å²) in [6.45, 7) is 8.80. The van der Waals surface area contributed by atoms with Gasteiger partial charge in [0.1, 0.15) is 0 Å². The van der Waals surface area contributed by atoms with Crippen LogP contribution < -0.4 is 20.5 Å². The maximum absolute atomic E-state index is 5.93. The number of ether oxygens (including phenoxy) is 2. The highest BCUT2D eigenvalue weighted by Gasteiger charge is 2.11. The van der Waals surface area contributed by atoms with Crippen LogP contribution in [0.15, 0.2) is 23.2 Å². The number of nitrogens with zero attached hydrogens (tertiary/aromatic N) is 1. The highest BCUT2D eigenvalue weighted by Crippen LogP contribution is 2.32. The molecule has 0 saturated heterocycles. The molecule has 0 aromatic heterocycles. The summed E-state index contributed by atoms with van der Waals surface area (Å²) in [5.41, 5.74) is 7.13. The van der Waals surface area contributed by atoms with Gasteiger partial charge in [0.05, 0.1) is 13.2 Å². The monoisotopic (exact) mass is 433 g/mol. The SMILES string of the molecule is CC(C)(C)CCCN=C(N)Nc1ccc2c(c1)OCCCO2.I. The standard InChI is InChI=1S/C17H27N3O2.HI/c1-17(2,3)8-4-9-19-16(18)20-13-6-7-14-15(12-13)22-11-5-10-21-14;/h6-7,12H,4-5,8-11H2,1-3H3,(H3,18,19,20);1H. The molecule has 3 N–H and O–H groups in total. The number of hydrogen-bond donors (Lipinski definition) is 2. The van der Waals surface area contributed by atoms with E-state index >= 15 is 0 Å². The molecule has 0 amide bonds. The van der Waals surface area contributed by atoms with Crippen LogP contribution in [-0.4, -0.2) is 25.7 Å². The molecule has 0 saturated carbocycles. The average Bonchev–Trinajstić information content (AvgIpc) is 2.67. The number of fused-ring (bicyclic) bond motifs is 1. The van der Waals surface area contributed by atoms with Crippen LogP contribution in [0.4, 0.5) is 5.69 Å². The van der Waals surface area contributed by atoms with Gasteiger partial charge < -0.3 is 20.5 Å². The molecule has 1 aromatic rings. The van der Waals surface area contributed by atoms with Gasteiger partial charge in [-0.25, -0.2) is 0 Å². The zero-order valence-corrected chi connectivity index (χ0v) is 16.6. The molecule has 0 spiro atoms. The zero-order valence-electron chi connectivity index (χ0n) is 14.2. The molecule has 130 valence electrons. The fraction of sp³-hybridized carbons (Fsp3) is 0.588. The quantitative estimate of drug-likeness (QED) is 0.326. The van der Waals surface area contributed by atoms with Gasteiger partial charge in [-0.2, -0.15) is 0 Å². The summed E-state index contributed by atoms with van der Waals surface area (Å²) in [5, 5.41) is 3.10. The number of nitrogens with one attached hydrogen (secondary N) is 1. The number of aliphatic imine (C=N–C) groups is 1. The number of guanidine groups is 1. The molecule has 5 nitrogen and oxygen atoms in total. The van der Waals surface area contributed by atoms with Gasteiger partial charge in [0.15, 0.2) is 17.5 Å². The number of anilines is 1. The second-order valence-electron chi connectivity index (χ2n) is 6.77. The molecular formula is C17H28IN3O2. The molecule has 1 heterocycles. The molecule has 0 atom stereocenters. The minimum absolute atomic E-state index is 0. The van der Waals surface area contributed by atoms with E-state index in [2.05, 4.69) is 31.1 Å². The minimum Gasteiger partial charge on any atom is -0.490 e. The maximum Gasteiger partial charge on any atom is 0.193 e. The van der Waals surface area contributed by atoms with Gasteiger partial charge in [0, 0.05) is 24.7 Å². The lowest BCUT2D eigenvalue weighted by molar-refractivity contribution is 0.297. The fourth-order valence-corrected chi connectivity index (χ4v) is 2.24. The third kappa shape index (κ3) is 7.28. The Kier molecular flexibility index (Phi) is 7.94. The molecule has 6 heteroatoms. The first-order chi connectivity index (χ1) is 10.4. The lowest BCUT2D eigenvalue weighted by Gasteiger charge is -2.16. The van der Waals surface area contributed by atoms with E-state index in [0.717, 1.165) is 43.0 Å². The summed E-state index contributed by atoms with van der Waals surface area (Å²) >= 11 is 0. The molecule has 0 bridgehead atoms. The molecule has 2 rings (SSSR count). The summed E-state index contributed by atoms with van der Waals surface area (Å²) < 4.78 is 11.3. The lowest BCUT2D eigenvalue weighted by Crippen LogP contribution is -2.23. The Bertz CT molecular complexity index is 527. The van der Waals surface area contributed by atoms with Crippen molar-refractivity contribution in [3.63, 3.8) is 0 Å². The maximum atomic E-state index is 5.93. The van der Waals surface area contributed by atoms with E-state index in [0.29, 0.717) is 24.6 Å². The summed E-state index contributed by atoms with van der Waals surface area (Å²) in [7, 11) is 0. The molecule has 0 radical (unpaired) electrons. The number of benzene rings is 1. The van der Waals surface area contributed by atoms with Gasteiger partial charge in [-0.1, -0.05) is 20.8 Å². The van der Waals surface area contributed by atoms with Crippen molar-refractivity contribution < 1.29 is 9.47 Å². The van der Waals surface area contributed by atoms with Crippen LogP contribution in [0.2, 0.25) is 0 Å². The van der Waals surface area contributed by atoms with Gasteiger partial charge in [-0.15, -0.1) is 24.0 Å². The van der Waals surface area contributed by atoms with E-state index in [9.17, 15) is 0 Å². The van der Waals surface area contributed by atoms with Gasteiger partial charge in [0.25, 0.3) is 0 Å². The largest absolute Gasteiger partial charge is 0.490 e. The molecule has 1 aromatic carbocycles. The number of nitrogens with two attached hydrogens (primary N) is 1. The first kappa shape index (κ1) is 19.9. The van der Waals surface area contributed by atoms with E-state index in [-0.39, 0.29) is 24.0 Å². The molecule has 1 aliphatic heterocycles. The Morgan fingerprint density at radius 2 is 1.91 bits per heavy atom. The van der Waals surface area contributed by atoms with Gasteiger partial charge in [0.2, 0.25) is 0 Å². The molecule has 0 aliphatic carbocycles. The van der Waals surface area contributed by atoms with E-state index in [1.807, 2.05) is 18.2 Å². The molecule has 1 aliphatic rings. The van der Waals surface area contributed by atoms with Crippen LogP contribution in [0.3, 0.4) is 0 Å². The number of halogens is 1. The fourth-order valence-electron chi connectivity index (χ4n) is 2.24. The van der Waals surface area contributed by atoms with Crippen molar-refractivity contribution >= 4 is 35.6 Å². The Morgan fingerprint density at radius 3 is 2.61 bits per heavy atom. The molecule has 0 unspecified atom stereocenters. The summed E-state index contributed by atoms with van der Waals surface area (Å²) in [6.07, 6.45) is 3.07. The van der Waals surface area contributed by atoms with Crippen molar-refractivity contribution in [1.82, 2.24) is 0 Å². The predicted molar refractivity (Wildman–Crippen MR) is 106 cm³/mol.